The number of aryl methyl sites for hydroxylation is 2. The van der Waals surface area contributed by atoms with Crippen molar-refractivity contribution < 1.29 is 9.47 Å². The Bertz CT molecular complexity index is 897. The quantitative estimate of drug-likeness (QED) is 0.299. The lowest BCUT2D eigenvalue weighted by Gasteiger charge is -2.35. The van der Waals surface area contributed by atoms with E-state index in [-0.39, 0.29) is 36.1 Å². The summed E-state index contributed by atoms with van der Waals surface area (Å²) in [6.07, 6.45) is 1.89. The van der Waals surface area contributed by atoms with Crippen molar-refractivity contribution >= 4 is 29.9 Å². The molecule has 2 aliphatic heterocycles. The highest BCUT2D eigenvalue weighted by Crippen LogP contribution is 2.22. The Morgan fingerprint density at radius 1 is 1.27 bits per heavy atom. The number of morpholine rings is 1. The third kappa shape index (κ3) is 6.87. The molecule has 1 saturated heterocycles. The van der Waals surface area contributed by atoms with Gasteiger partial charge in [0.2, 0.25) is 0 Å². The fraction of sp³-hybridized carbons (Fsp3) is 0.609. The van der Waals surface area contributed by atoms with Crippen LogP contribution in [0, 0.1) is 6.92 Å². The van der Waals surface area contributed by atoms with Crippen LogP contribution in [0.15, 0.2) is 29.3 Å². The van der Waals surface area contributed by atoms with E-state index in [0.29, 0.717) is 6.61 Å². The first-order valence-electron chi connectivity index (χ1n) is 11.4. The molecule has 182 valence electrons. The fourth-order valence-corrected chi connectivity index (χ4v) is 4.39. The lowest BCUT2D eigenvalue weighted by Crippen LogP contribution is -2.50. The number of fused-ring (bicyclic) bond motifs is 1. The number of ether oxygens (including phenoxy) is 2. The summed E-state index contributed by atoms with van der Waals surface area (Å²) < 4.78 is 12.7. The molecule has 1 fully saturated rings. The molecule has 33 heavy (non-hydrogen) atoms. The van der Waals surface area contributed by atoms with E-state index in [1.54, 1.807) is 7.11 Å². The summed E-state index contributed by atoms with van der Waals surface area (Å²) >= 11 is 0. The lowest BCUT2D eigenvalue weighted by molar-refractivity contribution is 0.0170. The van der Waals surface area contributed by atoms with Crippen molar-refractivity contribution in [3.05, 3.63) is 47.0 Å². The van der Waals surface area contributed by atoms with Crippen LogP contribution in [0.4, 0.5) is 0 Å². The third-order valence-electron chi connectivity index (χ3n) is 6.15. The van der Waals surface area contributed by atoms with Gasteiger partial charge in [0.1, 0.15) is 12.4 Å². The molecule has 0 saturated carbocycles. The summed E-state index contributed by atoms with van der Waals surface area (Å²) in [5.41, 5.74) is 2.59. The Balaban J connectivity index is 0.00000306. The number of hydrogen-bond donors (Lipinski definition) is 2. The van der Waals surface area contributed by atoms with Gasteiger partial charge in [-0.3, -0.25) is 9.89 Å². The van der Waals surface area contributed by atoms with Crippen molar-refractivity contribution in [1.82, 2.24) is 30.3 Å². The largest absolute Gasteiger partial charge is 0.379 e. The maximum atomic E-state index is 5.58. The molecule has 3 heterocycles. The molecule has 2 N–H and O–H groups in total. The van der Waals surface area contributed by atoms with Gasteiger partial charge in [-0.2, -0.15) is 5.10 Å². The Labute approximate surface area is 213 Å². The van der Waals surface area contributed by atoms with E-state index in [1.807, 2.05) is 11.7 Å². The molecule has 0 aliphatic carbocycles. The minimum absolute atomic E-state index is 0. The summed E-state index contributed by atoms with van der Waals surface area (Å²) in [6, 6.07) is 9.36. The standard InChI is InChI=1S/C23H35N7O2.HI/c1-17-4-6-18(7-5-17)20(29-10-12-32-13-11-29)14-25-23(24-2)26-19-8-9-22-27-21(16-31-3)28-30(22)15-19;/h4-7,19-20H,8-16H2,1-3H3,(H2,24,25,26);1H. The van der Waals surface area contributed by atoms with Gasteiger partial charge in [0, 0.05) is 46.3 Å². The van der Waals surface area contributed by atoms with Crippen molar-refractivity contribution in [3.63, 3.8) is 0 Å². The number of guanidine groups is 1. The maximum Gasteiger partial charge on any atom is 0.191 e. The van der Waals surface area contributed by atoms with Crippen LogP contribution in [0.2, 0.25) is 0 Å². The second kappa shape index (κ2) is 12.6. The lowest BCUT2D eigenvalue weighted by atomic mass is 10.0. The van der Waals surface area contributed by atoms with Gasteiger partial charge in [-0.25, -0.2) is 9.67 Å². The van der Waals surface area contributed by atoms with E-state index in [1.165, 1.54) is 11.1 Å². The van der Waals surface area contributed by atoms with Crippen molar-refractivity contribution in [1.29, 1.82) is 0 Å². The van der Waals surface area contributed by atoms with Crippen LogP contribution in [0.3, 0.4) is 0 Å². The Morgan fingerprint density at radius 2 is 2.03 bits per heavy atom. The molecule has 1 aromatic heterocycles. The van der Waals surface area contributed by atoms with E-state index in [4.69, 9.17) is 9.47 Å². The highest BCUT2D eigenvalue weighted by molar-refractivity contribution is 14.0. The number of halogens is 1. The molecule has 0 spiro atoms. The van der Waals surface area contributed by atoms with E-state index in [0.717, 1.165) is 69.8 Å². The van der Waals surface area contributed by atoms with E-state index >= 15 is 0 Å². The first kappa shape index (κ1) is 25.9. The SMILES string of the molecule is CN=C(NCC(c1ccc(C)cc1)N1CCOCC1)NC1CCc2nc(COC)nn2C1.I. The molecule has 2 aromatic rings. The first-order valence-corrected chi connectivity index (χ1v) is 11.4. The van der Waals surface area contributed by atoms with Gasteiger partial charge in [0.25, 0.3) is 0 Å². The molecule has 2 atom stereocenters. The Kier molecular flexibility index (Phi) is 9.90. The van der Waals surface area contributed by atoms with E-state index in [9.17, 15) is 0 Å². The molecule has 2 aliphatic rings. The number of hydrogen-bond acceptors (Lipinski definition) is 6. The van der Waals surface area contributed by atoms with Crippen LogP contribution in [0.25, 0.3) is 0 Å². The summed E-state index contributed by atoms with van der Waals surface area (Å²) in [5.74, 6) is 2.60. The summed E-state index contributed by atoms with van der Waals surface area (Å²) in [4.78, 5) is 11.5. The minimum Gasteiger partial charge on any atom is -0.379 e. The molecule has 1 aromatic carbocycles. The monoisotopic (exact) mass is 569 g/mol. The second-order valence-electron chi connectivity index (χ2n) is 8.47. The molecular weight excluding hydrogens is 533 g/mol. The second-order valence-corrected chi connectivity index (χ2v) is 8.47. The van der Waals surface area contributed by atoms with Gasteiger partial charge in [0.15, 0.2) is 11.8 Å². The minimum atomic E-state index is 0. The van der Waals surface area contributed by atoms with E-state index in [2.05, 4.69) is 61.8 Å². The van der Waals surface area contributed by atoms with Gasteiger partial charge < -0.3 is 20.1 Å². The van der Waals surface area contributed by atoms with Crippen LogP contribution >= 0.6 is 24.0 Å². The van der Waals surface area contributed by atoms with Crippen LogP contribution in [-0.4, -0.2) is 78.7 Å². The predicted octanol–water partition coefficient (Wildman–Crippen LogP) is 1.90. The van der Waals surface area contributed by atoms with Gasteiger partial charge in [-0.05, 0) is 18.9 Å². The van der Waals surface area contributed by atoms with Crippen molar-refractivity contribution in [3.8, 4) is 0 Å². The summed E-state index contributed by atoms with van der Waals surface area (Å²) in [6.45, 7) is 7.57. The fourth-order valence-electron chi connectivity index (χ4n) is 4.39. The number of nitrogens with zero attached hydrogens (tertiary/aromatic N) is 5. The zero-order valence-corrected chi connectivity index (χ0v) is 22.1. The summed E-state index contributed by atoms with van der Waals surface area (Å²) in [5, 5.41) is 11.7. The first-order chi connectivity index (χ1) is 15.7. The van der Waals surface area contributed by atoms with Gasteiger partial charge in [-0.15, -0.1) is 24.0 Å². The topological polar surface area (TPSA) is 88.8 Å². The number of aliphatic imine (C=N–C) groups is 1. The smallest absolute Gasteiger partial charge is 0.191 e. The van der Waals surface area contributed by atoms with E-state index < -0.39 is 0 Å². The van der Waals surface area contributed by atoms with Crippen LogP contribution in [0.5, 0.6) is 0 Å². The molecule has 9 nitrogen and oxygen atoms in total. The average molecular weight is 569 g/mol. The third-order valence-corrected chi connectivity index (χ3v) is 6.15. The van der Waals surface area contributed by atoms with Gasteiger partial charge in [-0.1, -0.05) is 29.8 Å². The van der Waals surface area contributed by atoms with Crippen LogP contribution in [-0.2, 0) is 29.0 Å². The molecule has 0 amide bonds. The zero-order chi connectivity index (χ0) is 22.3. The highest BCUT2D eigenvalue weighted by Gasteiger charge is 2.25. The molecule has 0 radical (unpaired) electrons. The number of benzene rings is 1. The summed E-state index contributed by atoms with van der Waals surface area (Å²) in [7, 11) is 3.49. The van der Waals surface area contributed by atoms with Gasteiger partial charge >= 0.3 is 0 Å². The molecule has 2 unspecified atom stereocenters. The van der Waals surface area contributed by atoms with Crippen molar-refractivity contribution in [2.75, 3.05) is 47.0 Å². The van der Waals surface area contributed by atoms with Crippen molar-refractivity contribution in [2.45, 2.75) is 45.0 Å². The zero-order valence-electron chi connectivity index (χ0n) is 19.8. The average Bonchev–Trinajstić information content (AvgIpc) is 3.22. The molecule has 10 heteroatoms. The Hall–Kier alpha value is -1.76. The number of nitrogens with one attached hydrogen (secondary N) is 2. The molecule has 4 rings (SSSR count). The molecular formula is C23H36IN7O2. The normalized spacial score (nSPS) is 20.0. The van der Waals surface area contributed by atoms with Crippen LogP contribution < -0.4 is 10.6 Å². The maximum absolute atomic E-state index is 5.58. The number of rotatable bonds is 7. The predicted molar refractivity (Wildman–Crippen MR) is 139 cm³/mol. The van der Waals surface area contributed by atoms with Crippen LogP contribution in [0.1, 0.15) is 35.2 Å². The Morgan fingerprint density at radius 3 is 2.73 bits per heavy atom. The van der Waals surface area contributed by atoms with Gasteiger partial charge in [0.05, 0.1) is 25.8 Å². The number of aromatic nitrogens is 3. The molecule has 0 bridgehead atoms. The number of methoxy groups -OCH3 is 1. The highest BCUT2D eigenvalue weighted by atomic mass is 127. The van der Waals surface area contributed by atoms with Crippen molar-refractivity contribution in [2.24, 2.45) is 4.99 Å².